The highest BCUT2D eigenvalue weighted by atomic mass is 32.1. The van der Waals surface area contributed by atoms with Crippen LogP contribution in [-0.2, 0) is 6.42 Å². The van der Waals surface area contributed by atoms with E-state index < -0.39 is 0 Å². The van der Waals surface area contributed by atoms with Crippen molar-refractivity contribution in [2.24, 2.45) is 5.73 Å². The Morgan fingerprint density at radius 1 is 1.24 bits per heavy atom. The Bertz CT molecular complexity index is 771. The summed E-state index contributed by atoms with van der Waals surface area (Å²) in [6.07, 6.45) is 4.57. The molecular weight excluding hydrogens is 282 g/mol. The maximum absolute atomic E-state index is 5.71. The summed E-state index contributed by atoms with van der Waals surface area (Å²) in [5.74, 6) is 1.56. The first-order valence-electron chi connectivity index (χ1n) is 7.37. The molecule has 6 heteroatoms. The molecule has 0 aliphatic heterocycles. The molecule has 0 saturated heterocycles. The van der Waals surface area contributed by atoms with Gasteiger partial charge in [0.1, 0.15) is 5.01 Å². The lowest BCUT2D eigenvalue weighted by molar-refractivity contribution is 0.395. The van der Waals surface area contributed by atoms with Crippen molar-refractivity contribution in [3.63, 3.8) is 0 Å². The Morgan fingerprint density at radius 3 is 2.86 bits per heavy atom. The third kappa shape index (κ3) is 2.15. The standard InChI is InChI=1S/C15H17N5S/c16-9-8-10-4-1-2-7-12(10)14-19-20-13(11-5-3-6-11)17-18-15(20)21-14/h1-2,4,7,11H,3,5-6,8-9,16H2. The Labute approximate surface area is 126 Å². The summed E-state index contributed by atoms with van der Waals surface area (Å²) in [6, 6.07) is 8.33. The first-order valence-corrected chi connectivity index (χ1v) is 8.19. The number of nitrogens with zero attached hydrogens (tertiary/aromatic N) is 4. The van der Waals surface area contributed by atoms with E-state index in [1.165, 1.54) is 24.8 Å². The molecule has 0 atom stereocenters. The number of benzene rings is 1. The largest absolute Gasteiger partial charge is 0.330 e. The zero-order chi connectivity index (χ0) is 14.2. The van der Waals surface area contributed by atoms with Crippen molar-refractivity contribution in [3.8, 4) is 10.6 Å². The Kier molecular flexibility index (Phi) is 3.20. The van der Waals surface area contributed by atoms with E-state index in [1.54, 1.807) is 11.3 Å². The molecule has 1 fully saturated rings. The van der Waals surface area contributed by atoms with Gasteiger partial charge in [-0.1, -0.05) is 42.0 Å². The minimum atomic E-state index is 0.536. The van der Waals surface area contributed by atoms with Crippen molar-refractivity contribution in [1.82, 2.24) is 19.8 Å². The second kappa shape index (κ2) is 5.20. The molecule has 2 aromatic heterocycles. The van der Waals surface area contributed by atoms with Crippen molar-refractivity contribution < 1.29 is 0 Å². The average molecular weight is 299 g/mol. The second-order valence-corrected chi connectivity index (χ2v) is 6.44. The molecule has 0 unspecified atom stereocenters. The van der Waals surface area contributed by atoms with Gasteiger partial charge in [-0.3, -0.25) is 0 Å². The summed E-state index contributed by atoms with van der Waals surface area (Å²) in [5.41, 5.74) is 8.12. The molecule has 2 N–H and O–H groups in total. The summed E-state index contributed by atoms with van der Waals surface area (Å²) in [4.78, 5) is 0.884. The van der Waals surface area contributed by atoms with Crippen LogP contribution in [0.25, 0.3) is 15.5 Å². The van der Waals surface area contributed by atoms with E-state index in [9.17, 15) is 0 Å². The zero-order valence-electron chi connectivity index (χ0n) is 11.7. The van der Waals surface area contributed by atoms with E-state index in [0.29, 0.717) is 12.5 Å². The molecule has 3 aromatic rings. The Balaban J connectivity index is 1.78. The van der Waals surface area contributed by atoms with Crippen LogP contribution in [0.4, 0.5) is 0 Å². The molecule has 1 aliphatic carbocycles. The van der Waals surface area contributed by atoms with E-state index in [-0.39, 0.29) is 0 Å². The van der Waals surface area contributed by atoms with Crippen LogP contribution in [0, 0.1) is 0 Å². The fraction of sp³-hybridized carbons (Fsp3) is 0.400. The first kappa shape index (κ1) is 12.9. The number of nitrogens with two attached hydrogens (primary N) is 1. The molecular formula is C15H17N5S. The van der Waals surface area contributed by atoms with Gasteiger partial charge in [0, 0.05) is 11.5 Å². The maximum atomic E-state index is 5.71. The Morgan fingerprint density at radius 2 is 2.10 bits per heavy atom. The van der Waals surface area contributed by atoms with Gasteiger partial charge in [-0.25, -0.2) is 0 Å². The van der Waals surface area contributed by atoms with Crippen molar-refractivity contribution in [3.05, 3.63) is 35.7 Å². The van der Waals surface area contributed by atoms with Crippen molar-refractivity contribution in [1.29, 1.82) is 0 Å². The van der Waals surface area contributed by atoms with E-state index >= 15 is 0 Å². The molecule has 0 bridgehead atoms. The van der Waals surface area contributed by atoms with Crippen LogP contribution in [-0.4, -0.2) is 26.4 Å². The molecule has 0 amide bonds. The lowest BCUT2D eigenvalue weighted by Crippen LogP contribution is -2.13. The molecule has 0 spiro atoms. The lowest BCUT2D eigenvalue weighted by atomic mass is 9.85. The molecule has 1 aromatic carbocycles. The van der Waals surface area contributed by atoms with Crippen LogP contribution in [0.15, 0.2) is 24.3 Å². The smallest absolute Gasteiger partial charge is 0.234 e. The van der Waals surface area contributed by atoms with Gasteiger partial charge in [0.25, 0.3) is 0 Å². The highest BCUT2D eigenvalue weighted by molar-refractivity contribution is 7.19. The predicted molar refractivity (Wildman–Crippen MR) is 83.4 cm³/mol. The summed E-state index contributed by atoms with van der Waals surface area (Å²) >= 11 is 1.60. The van der Waals surface area contributed by atoms with Gasteiger partial charge in [-0.05, 0) is 31.4 Å². The summed E-state index contributed by atoms with van der Waals surface area (Å²) in [7, 11) is 0. The average Bonchev–Trinajstić information content (AvgIpc) is 3.00. The lowest BCUT2D eigenvalue weighted by Gasteiger charge is -2.22. The van der Waals surface area contributed by atoms with Crippen molar-refractivity contribution in [2.75, 3.05) is 6.54 Å². The van der Waals surface area contributed by atoms with Gasteiger partial charge in [-0.15, -0.1) is 10.2 Å². The molecule has 21 heavy (non-hydrogen) atoms. The predicted octanol–water partition coefficient (Wildman–Crippen LogP) is 2.62. The van der Waals surface area contributed by atoms with Gasteiger partial charge in [0.15, 0.2) is 5.82 Å². The Hall–Kier alpha value is -1.79. The summed E-state index contributed by atoms with van der Waals surface area (Å²) in [6.45, 7) is 0.647. The molecule has 108 valence electrons. The van der Waals surface area contributed by atoms with Crippen LogP contribution in [0.1, 0.15) is 36.6 Å². The molecule has 2 heterocycles. The maximum Gasteiger partial charge on any atom is 0.234 e. The van der Waals surface area contributed by atoms with Gasteiger partial charge >= 0.3 is 0 Å². The van der Waals surface area contributed by atoms with E-state index in [1.807, 2.05) is 10.6 Å². The molecule has 0 radical (unpaired) electrons. The number of hydrogen-bond donors (Lipinski definition) is 1. The monoisotopic (exact) mass is 299 g/mol. The van der Waals surface area contributed by atoms with Gasteiger partial charge in [0.05, 0.1) is 0 Å². The highest BCUT2D eigenvalue weighted by Crippen LogP contribution is 2.37. The molecule has 4 rings (SSSR count). The van der Waals surface area contributed by atoms with Crippen LogP contribution in [0.5, 0.6) is 0 Å². The van der Waals surface area contributed by atoms with Crippen molar-refractivity contribution in [2.45, 2.75) is 31.6 Å². The number of hydrogen-bond acceptors (Lipinski definition) is 5. The second-order valence-electron chi connectivity index (χ2n) is 5.48. The summed E-state index contributed by atoms with van der Waals surface area (Å²) < 4.78 is 1.93. The number of aromatic nitrogens is 4. The number of fused-ring (bicyclic) bond motifs is 1. The molecule has 1 saturated carbocycles. The van der Waals surface area contributed by atoms with E-state index in [4.69, 9.17) is 10.8 Å². The van der Waals surface area contributed by atoms with Gasteiger partial charge < -0.3 is 5.73 Å². The fourth-order valence-electron chi connectivity index (χ4n) is 2.76. The quantitative estimate of drug-likeness (QED) is 0.804. The highest BCUT2D eigenvalue weighted by Gasteiger charge is 2.26. The third-order valence-corrected chi connectivity index (χ3v) is 5.08. The van der Waals surface area contributed by atoms with Gasteiger partial charge in [-0.2, -0.15) is 9.61 Å². The van der Waals surface area contributed by atoms with Crippen LogP contribution in [0.2, 0.25) is 0 Å². The third-order valence-electron chi connectivity index (χ3n) is 4.15. The van der Waals surface area contributed by atoms with Crippen LogP contribution >= 0.6 is 11.3 Å². The first-order chi connectivity index (χ1) is 10.4. The number of rotatable bonds is 4. The summed E-state index contributed by atoms with van der Waals surface area (Å²) in [5, 5.41) is 14.4. The van der Waals surface area contributed by atoms with E-state index in [2.05, 4.69) is 28.4 Å². The SMILES string of the molecule is NCCc1ccccc1-c1nn2c(C3CCC3)nnc2s1. The topological polar surface area (TPSA) is 69.1 Å². The van der Waals surface area contributed by atoms with E-state index in [0.717, 1.165) is 27.8 Å². The normalized spacial score (nSPS) is 15.5. The minimum absolute atomic E-state index is 0.536. The zero-order valence-corrected chi connectivity index (χ0v) is 12.5. The van der Waals surface area contributed by atoms with Crippen molar-refractivity contribution >= 4 is 16.3 Å². The van der Waals surface area contributed by atoms with Crippen LogP contribution < -0.4 is 5.73 Å². The molecule has 1 aliphatic rings. The van der Waals surface area contributed by atoms with Gasteiger partial charge in [0.2, 0.25) is 4.96 Å². The minimum Gasteiger partial charge on any atom is -0.330 e. The van der Waals surface area contributed by atoms with Crippen LogP contribution in [0.3, 0.4) is 0 Å². The fourth-order valence-corrected chi connectivity index (χ4v) is 3.67. The molecule has 5 nitrogen and oxygen atoms in total.